The maximum atomic E-state index is 13.8. The number of fused-ring (bicyclic) bond motifs is 1. The predicted molar refractivity (Wildman–Crippen MR) is 126 cm³/mol. The molecule has 0 radical (unpaired) electrons. The van der Waals surface area contributed by atoms with Gasteiger partial charge in [-0.15, -0.1) is 0 Å². The number of aryl methyl sites for hydroxylation is 1. The van der Waals surface area contributed by atoms with E-state index in [9.17, 15) is 14.0 Å². The van der Waals surface area contributed by atoms with E-state index in [4.69, 9.17) is 4.74 Å². The molecule has 7 heteroatoms. The zero-order chi connectivity index (χ0) is 23.8. The standard InChI is InChI=1S/C27H26FN3O3/c1-3-34-27(33)19-10-14-21(15-11-19)31-25(18-8-12-20(28)13-9-18)22-23(29-30-24(22)26(31)32)17-6-4-16(2)5-7-17/h4-15,22-25,29-30H,3H2,1-2H3. The molecule has 0 spiro atoms. The molecule has 3 aromatic rings. The van der Waals surface area contributed by atoms with Crippen LogP contribution in [0.5, 0.6) is 0 Å². The third-order valence-corrected chi connectivity index (χ3v) is 6.61. The number of nitrogens with zero attached hydrogens (tertiary/aromatic N) is 1. The van der Waals surface area contributed by atoms with Crippen molar-refractivity contribution in [1.29, 1.82) is 0 Å². The number of hydrazine groups is 1. The molecule has 0 aliphatic carbocycles. The molecule has 2 aliphatic heterocycles. The zero-order valence-corrected chi connectivity index (χ0v) is 19.0. The van der Waals surface area contributed by atoms with Gasteiger partial charge in [0.25, 0.3) is 0 Å². The SMILES string of the molecule is CCOC(=O)c1ccc(N2C(=O)C3NNC(c4ccc(C)cc4)C3C2c2ccc(F)cc2)cc1. The third-order valence-electron chi connectivity index (χ3n) is 6.61. The van der Waals surface area contributed by atoms with Crippen LogP contribution in [0.3, 0.4) is 0 Å². The van der Waals surface area contributed by atoms with E-state index in [-0.39, 0.29) is 29.7 Å². The Morgan fingerprint density at radius 3 is 2.18 bits per heavy atom. The number of carbonyl (C=O) groups excluding carboxylic acids is 2. The lowest BCUT2D eigenvalue weighted by Gasteiger charge is -2.31. The second-order valence-electron chi connectivity index (χ2n) is 8.70. The minimum absolute atomic E-state index is 0.0784. The smallest absolute Gasteiger partial charge is 0.338 e. The largest absolute Gasteiger partial charge is 0.462 e. The van der Waals surface area contributed by atoms with Gasteiger partial charge in [0, 0.05) is 11.6 Å². The number of hydrogen-bond acceptors (Lipinski definition) is 5. The maximum Gasteiger partial charge on any atom is 0.338 e. The molecule has 0 saturated carbocycles. The summed E-state index contributed by atoms with van der Waals surface area (Å²) in [5.74, 6) is -0.942. The fourth-order valence-corrected chi connectivity index (χ4v) is 4.99. The van der Waals surface area contributed by atoms with Crippen LogP contribution in [0.15, 0.2) is 72.8 Å². The number of anilines is 1. The van der Waals surface area contributed by atoms with Gasteiger partial charge in [-0.3, -0.25) is 4.79 Å². The van der Waals surface area contributed by atoms with Gasteiger partial charge in [0.1, 0.15) is 11.9 Å². The molecule has 2 fully saturated rings. The highest BCUT2D eigenvalue weighted by atomic mass is 19.1. The minimum Gasteiger partial charge on any atom is -0.462 e. The Kier molecular flexibility index (Phi) is 5.89. The number of halogens is 1. The average Bonchev–Trinajstić information content (AvgIpc) is 3.39. The number of ether oxygens (including phenoxy) is 1. The van der Waals surface area contributed by atoms with Crippen LogP contribution in [0.1, 0.15) is 46.1 Å². The quantitative estimate of drug-likeness (QED) is 0.559. The van der Waals surface area contributed by atoms with Gasteiger partial charge in [0.15, 0.2) is 0 Å². The fourth-order valence-electron chi connectivity index (χ4n) is 4.99. The van der Waals surface area contributed by atoms with Gasteiger partial charge < -0.3 is 9.64 Å². The van der Waals surface area contributed by atoms with Crippen molar-refractivity contribution < 1.29 is 18.7 Å². The van der Waals surface area contributed by atoms with Gasteiger partial charge in [-0.05, 0) is 61.4 Å². The molecule has 5 rings (SSSR count). The van der Waals surface area contributed by atoms with Gasteiger partial charge in [-0.25, -0.2) is 20.0 Å². The lowest BCUT2D eigenvalue weighted by Crippen LogP contribution is -2.41. The molecule has 174 valence electrons. The van der Waals surface area contributed by atoms with Crippen LogP contribution in [0, 0.1) is 18.7 Å². The number of benzene rings is 3. The van der Waals surface area contributed by atoms with E-state index in [1.807, 2.05) is 6.92 Å². The summed E-state index contributed by atoms with van der Waals surface area (Å²) in [5.41, 5.74) is 10.7. The number of amides is 1. The molecule has 2 aliphatic rings. The van der Waals surface area contributed by atoms with Crippen molar-refractivity contribution in [2.24, 2.45) is 5.92 Å². The highest BCUT2D eigenvalue weighted by molar-refractivity contribution is 6.02. The van der Waals surface area contributed by atoms with E-state index in [1.165, 1.54) is 12.1 Å². The van der Waals surface area contributed by atoms with Crippen molar-refractivity contribution in [3.63, 3.8) is 0 Å². The van der Waals surface area contributed by atoms with Crippen molar-refractivity contribution in [2.75, 3.05) is 11.5 Å². The topological polar surface area (TPSA) is 70.7 Å². The molecule has 6 nitrogen and oxygen atoms in total. The van der Waals surface area contributed by atoms with Gasteiger partial charge in [0.05, 0.1) is 24.3 Å². The van der Waals surface area contributed by atoms with Crippen LogP contribution in [0.25, 0.3) is 0 Å². The average molecular weight is 460 g/mol. The zero-order valence-electron chi connectivity index (χ0n) is 19.0. The van der Waals surface area contributed by atoms with Crippen molar-refractivity contribution in [1.82, 2.24) is 10.9 Å². The molecule has 0 bridgehead atoms. The molecule has 1 amide bonds. The van der Waals surface area contributed by atoms with Gasteiger partial charge in [0.2, 0.25) is 5.91 Å². The van der Waals surface area contributed by atoms with E-state index in [1.54, 1.807) is 48.2 Å². The number of esters is 1. The van der Waals surface area contributed by atoms with Crippen LogP contribution in [-0.2, 0) is 9.53 Å². The summed E-state index contributed by atoms with van der Waals surface area (Å²) in [5, 5.41) is 0. The molecule has 2 heterocycles. The Morgan fingerprint density at radius 1 is 0.912 bits per heavy atom. The second kappa shape index (κ2) is 9.00. The Morgan fingerprint density at radius 2 is 1.53 bits per heavy atom. The van der Waals surface area contributed by atoms with Crippen molar-refractivity contribution in [3.8, 4) is 0 Å². The van der Waals surface area contributed by atoms with Crippen LogP contribution in [0.4, 0.5) is 10.1 Å². The van der Waals surface area contributed by atoms with E-state index in [2.05, 4.69) is 35.1 Å². The van der Waals surface area contributed by atoms with Gasteiger partial charge >= 0.3 is 5.97 Å². The van der Waals surface area contributed by atoms with Crippen molar-refractivity contribution in [3.05, 3.63) is 101 Å². The first-order valence-electron chi connectivity index (χ1n) is 11.4. The Bertz CT molecular complexity index is 1200. The Labute approximate surface area is 197 Å². The lowest BCUT2D eigenvalue weighted by atomic mass is 9.83. The lowest BCUT2D eigenvalue weighted by molar-refractivity contribution is -0.119. The molecule has 2 saturated heterocycles. The summed E-state index contributed by atoms with van der Waals surface area (Å²) >= 11 is 0. The first-order chi connectivity index (χ1) is 16.5. The van der Waals surface area contributed by atoms with E-state index >= 15 is 0 Å². The fraction of sp³-hybridized carbons (Fsp3) is 0.259. The van der Waals surface area contributed by atoms with Crippen molar-refractivity contribution >= 4 is 17.6 Å². The summed E-state index contributed by atoms with van der Waals surface area (Å²) in [6.07, 6.45) is 0. The molecule has 3 aromatic carbocycles. The summed E-state index contributed by atoms with van der Waals surface area (Å²) in [4.78, 5) is 27.5. The first-order valence-corrected chi connectivity index (χ1v) is 11.4. The first kappa shape index (κ1) is 22.3. The molecule has 4 unspecified atom stereocenters. The molecule has 0 aromatic heterocycles. The Balaban J connectivity index is 1.56. The number of hydrogen-bond donors (Lipinski definition) is 2. The highest BCUT2D eigenvalue weighted by Gasteiger charge is 2.55. The van der Waals surface area contributed by atoms with Crippen LogP contribution in [-0.4, -0.2) is 24.5 Å². The number of rotatable bonds is 5. The highest BCUT2D eigenvalue weighted by Crippen LogP contribution is 2.48. The summed E-state index contributed by atoms with van der Waals surface area (Å²) in [7, 11) is 0. The second-order valence-corrected chi connectivity index (χ2v) is 8.70. The monoisotopic (exact) mass is 459 g/mol. The number of nitrogens with one attached hydrogen (secondary N) is 2. The van der Waals surface area contributed by atoms with Crippen LogP contribution < -0.4 is 15.8 Å². The molecular weight excluding hydrogens is 433 g/mol. The molecule has 4 atom stereocenters. The molecule has 34 heavy (non-hydrogen) atoms. The molecule has 2 N–H and O–H groups in total. The van der Waals surface area contributed by atoms with Gasteiger partial charge in [-0.2, -0.15) is 0 Å². The van der Waals surface area contributed by atoms with Gasteiger partial charge in [-0.1, -0.05) is 42.0 Å². The predicted octanol–water partition coefficient (Wildman–Crippen LogP) is 4.23. The molecular formula is C27H26FN3O3. The third kappa shape index (κ3) is 3.87. The van der Waals surface area contributed by atoms with E-state index < -0.39 is 12.0 Å². The Hall–Kier alpha value is -3.55. The van der Waals surface area contributed by atoms with E-state index in [0.29, 0.717) is 17.9 Å². The number of carbonyl (C=O) groups is 2. The minimum atomic E-state index is -0.453. The normalized spacial score (nSPS) is 23.7. The van der Waals surface area contributed by atoms with Crippen molar-refractivity contribution in [2.45, 2.75) is 32.0 Å². The summed E-state index contributed by atoms with van der Waals surface area (Å²) < 4.78 is 18.8. The summed E-state index contributed by atoms with van der Waals surface area (Å²) in [6, 6.07) is 20.5. The van der Waals surface area contributed by atoms with E-state index in [0.717, 1.165) is 16.7 Å². The maximum absolute atomic E-state index is 13.8. The van der Waals surface area contributed by atoms with Crippen LogP contribution >= 0.6 is 0 Å². The summed E-state index contributed by atoms with van der Waals surface area (Å²) in [6.45, 7) is 4.09. The van der Waals surface area contributed by atoms with Crippen LogP contribution in [0.2, 0.25) is 0 Å².